The quantitative estimate of drug-likeness (QED) is 0.816. The van der Waals surface area contributed by atoms with E-state index in [4.69, 9.17) is 5.11 Å². The second kappa shape index (κ2) is 6.17. The normalized spacial score (nSPS) is 17.6. The van der Waals surface area contributed by atoms with Gasteiger partial charge in [-0.15, -0.1) is 0 Å². The van der Waals surface area contributed by atoms with Crippen molar-refractivity contribution < 1.29 is 32.9 Å². The Labute approximate surface area is 134 Å². The van der Waals surface area contributed by atoms with Crippen LogP contribution in [0.5, 0.6) is 0 Å². The smallest absolute Gasteiger partial charge is 0.428 e. The Morgan fingerprint density at radius 1 is 1.32 bits per heavy atom. The molecule has 0 amide bonds. The average Bonchev–Trinajstić information content (AvgIpc) is 2.37. The molecule has 0 bridgehead atoms. The second-order valence-electron chi connectivity index (χ2n) is 5.34. The van der Waals surface area contributed by atoms with E-state index in [1.54, 1.807) is 19.1 Å². The van der Waals surface area contributed by atoms with E-state index in [0.717, 1.165) is 5.56 Å². The molecule has 0 aromatic heterocycles. The third-order valence-electron chi connectivity index (χ3n) is 3.36. The maximum atomic E-state index is 12.9. The topological polar surface area (TPSA) is 66.8 Å². The Balaban J connectivity index is 3.07. The maximum Gasteiger partial charge on any atom is 0.428 e. The standard InChI is InChI=1S/C14H16BrF3O4/c1-8-5-4-6-9(10(8)15)12(2,21)7-22-13(3,11(19)20)14(16,17)18/h4-6,21H,7H2,1-3H3,(H,19,20). The number of rotatable bonds is 5. The molecule has 2 unspecified atom stereocenters. The molecule has 1 aromatic rings. The minimum atomic E-state index is -5.11. The lowest BCUT2D eigenvalue weighted by Gasteiger charge is -2.32. The number of carboxylic acids is 1. The molecular weight excluding hydrogens is 369 g/mol. The molecule has 0 aliphatic heterocycles. The van der Waals surface area contributed by atoms with Gasteiger partial charge in [0.25, 0.3) is 5.60 Å². The van der Waals surface area contributed by atoms with Crippen LogP contribution < -0.4 is 0 Å². The van der Waals surface area contributed by atoms with E-state index in [9.17, 15) is 23.1 Å². The SMILES string of the molecule is Cc1cccc(C(C)(O)COC(C)(C(=O)O)C(F)(F)F)c1Br. The summed E-state index contributed by atoms with van der Waals surface area (Å²) >= 11 is 3.25. The van der Waals surface area contributed by atoms with Crippen LogP contribution in [0.3, 0.4) is 0 Å². The van der Waals surface area contributed by atoms with E-state index in [1.165, 1.54) is 13.0 Å². The van der Waals surface area contributed by atoms with Crippen molar-refractivity contribution in [3.63, 3.8) is 0 Å². The predicted octanol–water partition coefficient (Wildman–Crippen LogP) is 3.39. The molecule has 22 heavy (non-hydrogen) atoms. The third kappa shape index (κ3) is 3.61. The van der Waals surface area contributed by atoms with Crippen molar-refractivity contribution in [2.75, 3.05) is 6.61 Å². The molecule has 0 radical (unpaired) electrons. The van der Waals surface area contributed by atoms with Crippen LogP contribution in [0.4, 0.5) is 13.2 Å². The number of aliphatic carboxylic acids is 1. The van der Waals surface area contributed by atoms with Gasteiger partial charge in [0.2, 0.25) is 0 Å². The van der Waals surface area contributed by atoms with E-state index >= 15 is 0 Å². The van der Waals surface area contributed by atoms with Crippen molar-refractivity contribution in [3.8, 4) is 0 Å². The summed E-state index contributed by atoms with van der Waals surface area (Å²) in [6.45, 7) is 2.58. The molecule has 0 saturated carbocycles. The minimum absolute atomic E-state index is 0.308. The van der Waals surface area contributed by atoms with Crippen LogP contribution in [0.1, 0.15) is 25.0 Å². The van der Waals surface area contributed by atoms with E-state index in [1.807, 2.05) is 0 Å². The largest absolute Gasteiger partial charge is 0.479 e. The van der Waals surface area contributed by atoms with Crippen LogP contribution in [-0.4, -0.2) is 34.6 Å². The summed E-state index contributed by atoms with van der Waals surface area (Å²) in [7, 11) is 0. The fourth-order valence-electron chi connectivity index (χ4n) is 1.69. The maximum absolute atomic E-state index is 12.9. The van der Waals surface area contributed by atoms with Crippen molar-refractivity contribution in [2.24, 2.45) is 0 Å². The number of benzene rings is 1. The average molecular weight is 385 g/mol. The Morgan fingerprint density at radius 2 is 1.86 bits per heavy atom. The number of carboxylic acid groups (broad SMARTS) is 1. The van der Waals surface area contributed by atoms with Crippen LogP contribution in [0.15, 0.2) is 22.7 Å². The van der Waals surface area contributed by atoms with Gasteiger partial charge in [0, 0.05) is 4.47 Å². The zero-order chi connectivity index (χ0) is 17.3. The van der Waals surface area contributed by atoms with Crippen LogP contribution in [0, 0.1) is 6.92 Å². The number of aliphatic hydroxyl groups is 1. The predicted molar refractivity (Wildman–Crippen MR) is 76.5 cm³/mol. The minimum Gasteiger partial charge on any atom is -0.479 e. The summed E-state index contributed by atoms with van der Waals surface area (Å²) in [5.41, 5.74) is -4.11. The highest BCUT2D eigenvalue weighted by Crippen LogP contribution is 2.37. The van der Waals surface area contributed by atoms with E-state index in [0.29, 0.717) is 17.0 Å². The monoisotopic (exact) mass is 384 g/mol. The molecule has 4 nitrogen and oxygen atoms in total. The summed E-state index contributed by atoms with van der Waals surface area (Å²) in [5.74, 6) is -2.17. The molecule has 0 saturated heterocycles. The van der Waals surface area contributed by atoms with E-state index in [2.05, 4.69) is 20.7 Å². The highest BCUT2D eigenvalue weighted by atomic mass is 79.9. The van der Waals surface area contributed by atoms with Crippen molar-refractivity contribution in [1.82, 2.24) is 0 Å². The molecule has 0 aliphatic rings. The molecule has 0 spiro atoms. The lowest BCUT2D eigenvalue weighted by Crippen LogP contribution is -2.53. The fourth-order valence-corrected chi connectivity index (χ4v) is 2.38. The first kappa shape index (κ1) is 18.9. The molecule has 1 rings (SSSR count). The molecule has 2 atom stereocenters. The summed E-state index contributed by atoms with van der Waals surface area (Å²) in [4.78, 5) is 10.9. The summed E-state index contributed by atoms with van der Waals surface area (Å²) in [5, 5.41) is 19.2. The molecule has 0 aliphatic carbocycles. The van der Waals surface area contributed by atoms with Gasteiger partial charge in [0.1, 0.15) is 5.60 Å². The number of carbonyl (C=O) groups is 1. The van der Waals surface area contributed by atoms with Gasteiger partial charge in [-0.3, -0.25) is 0 Å². The Morgan fingerprint density at radius 3 is 2.32 bits per heavy atom. The van der Waals surface area contributed by atoms with Gasteiger partial charge in [0.05, 0.1) is 6.61 Å². The van der Waals surface area contributed by atoms with Crippen LogP contribution in [-0.2, 0) is 15.1 Å². The van der Waals surface area contributed by atoms with Gasteiger partial charge in [0.15, 0.2) is 0 Å². The number of ether oxygens (including phenoxy) is 1. The first-order valence-corrected chi connectivity index (χ1v) is 7.04. The molecule has 2 N–H and O–H groups in total. The van der Waals surface area contributed by atoms with Crippen molar-refractivity contribution in [1.29, 1.82) is 0 Å². The Hall–Kier alpha value is -1.12. The third-order valence-corrected chi connectivity index (χ3v) is 4.42. The van der Waals surface area contributed by atoms with E-state index in [-0.39, 0.29) is 0 Å². The Kier molecular flexibility index (Phi) is 5.31. The van der Waals surface area contributed by atoms with Crippen molar-refractivity contribution in [3.05, 3.63) is 33.8 Å². The number of aryl methyl sites for hydroxylation is 1. The molecule has 1 aromatic carbocycles. The number of halogens is 4. The van der Waals surface area contributed by atoms with Crippen LogP contribution in [0.2, 0.25) is 0 Å². The van der Waals surface area contributed by atoms with Gasteiger partial charge in [-0.25, -0.2) is 4.79 Å². The van der Waals surface area contributed by atoms with Gasteiger partial charge < -0.3 is 14.9 Å². The lowest BCUT2D eigenvalue weighted by atomic mass is 9.95. The number of alkyl halides is 3. The van der Waals surface area contributed by atoms with Crippen molar-refractivity contribution >= 4 is 21.9 Å². The van der Waals surface area contributed by atoms with Crippen LogP contribution >= 0.6 is 15.9 Å². The van der Waals surface area contributed by atoms with E-state index < -0.39 is 30.0 Å². The van der Waals surface area contributed by atoms with Crippen LogP contribution in [0.25, 0.3) is 0 Å². The number of hydrogen-bond acceptors (Lipinski definition) is 3. The second-order valence-corrected chi connectivity index (χ2v) is 6.13. The molecular formula is C14H16BrF3O4. The highest BCUT2D eigenvalue weighted by molar-refractivity contribution is 9.10. The van der Waals surface area contributed by atoms with Gasteiger partial charge >= 0.3 is 12.1 Å². The highest BCUT2D eigenvalue weighted by Gasteiger charge is 2.59. The molecule has 0 fully saturated rings. The summed E-state index contributed by atoms with van der Waals surface area (Å²) in [6.07, 6.45) is -5.11. The zero-order valence-corrected chi connectivity index (χ0v) is 13.7. The first-order chi connectivity index (χ1) is 9.83. The first-order valence-electron chi connectivity index (χ1n) is 6.25. The Bertz CT molecular complexity index is 572. The fraction of sp³-hybridized carbons (Fsp3) is 0.500. The van der Waals surface area contributed by atoms with Gasteiger partial charge in [-0.2, -0.15) is 13.2 Å². The lowest BCUT2D eigenvalue weighted by molar-refractivity contribution is -0.277. The molecule has 0 heterocycles. The van der Waals surface area contributed by atoms with Crippen molar-refractivity contribution in [2.45, 2.75) is 38.1 Å². The van der Waals surface area contributed by atoms with Gasteiger partial charge in [-0.1, -0.05) is 34.1 Å². The number of hydrogen-bond donors (Lipinski definition) is 2. The molecule has 8 heteroatoms. The summed E-state index contributed by atoms with van der Waals surface area (Å²) in [6, 6.07) is 4.90. The van der Waals surface area contributed by atoms with Gasteiger partial charge in [-0.05, 0) is 31.9 Å². The molecule has 124 valence electrons. The summed E-state index contributed by atoms with van der Waals surface area (Å²) < 4.78 is 43.7. The zero-order valence-electron chi connectivity index (χ0n) is 12.2.